The SMILES string of the molecule is CNC(C)c1cccc(OCc2ccc(Br)cc2F)c1. The molecule has 4 heteroatoms. The van der Waals surface area contributed by atoms with E-state index in [0.29, 0.717) is 5.56 Å². The highest BCUT2D eigenvalue weighted by Gasteiger charge is 2.06. The van der Waals surface area contributed by atoms with Crippen LogP contribution in [-0.2, 0) is 6.61 Å². The highest BCUT2D eigenvalue weighted by Crippen LogP contribution is 2.21. The van der Waals surface area contributed by atoms with Crippen molar-refractivity contribution in [3.8, 4) is 5.75 Å². The van der Waals surface area contributed by atoms with Crippen molar-refractivity contribution in [3.63, 3.8) is 0 Å². The lowest BCUT2D eigenvalue weighted by atomic mass is 10.1. The maximum atomic E-state index is 13.7. The van der Waals surface area contributed by atoms with Crippen molar-refractivity contribution in [1.29, 1.82) is 0 Å². The molecule has 2 aromatic rings. The molecule has 2 nitrogen and oxygen atoms in total. The average Bonchev–Trinajstić information content (AvgIpc) is 2.46. The first-order chi connectivity index (χ1) is 9.60. The third-order valence-electron chi connectivity index (χ3n) is 3.20. The molecule has 106 valence electrons. The van der Waals surface area contributed by atoms with E-state index < -0.39 is 0 Å². The lowest BCUT2D eigenvalue weighted by Crippen LogP contribution is -2.12. The van der Waals surface area contributed by atoms with Gasteiger partial charge in [-0.1, -0.05) is 34.1 Å². The summed E-state index contributed by atoms with van der Waals surface area (Å²) in [4.78, 5) is 0. The molecule has 0 bridgehead atoms. The Balaban J connectivity index is 2.07. The third kappa shape index (κ3) is 3.81. The molecule has 20 heavy (non-hydrogen) atoms. The Morgan fingerprint density at radius 2 is 2.05 bits per heavy atom. The molecule has 0 saturated heterocycles. The van der Waals surface area contributed by atoms with Crippen LogP contribution < -0.4 is 10.1 Å². The minimum absolute atomic E-state index is 0.219. The summed E-state index contributed by atoms with van der Waals surface area (Å²) in [5.41, 5.74) is 1.68. The van der Waals surface area contributed by atoms with Crippen LogP contribution in [0, 0.1) is 5.82 Å². The van der Waals surface area contributed by atoms with Gasteiger partial charge in [0.15, 0.2) is 0 Å². The second-order valence-electron chi connectivity index (χ2n) is 4.61. The Morgan fingerprint density at radius 1 is 1.25 bits per heavy atom. The summed E-state index contributed by atoms with van der Waals surface area (Å²) < 4.78 is 20.1. The summed E-state index contributed by atoms with van der Waals surface area (Å²) in [7, 11) is 1.91. The lowest BCUT2D eigenvalue weighted by molar-refractivity contribution is 0.299. The predicted molar refractivity (Wildman–Crippen MR) is 82.3 cm³/mol. The van der Waals surface area contributed by atoms with Crippen molar-refractivity contribution < 1.29 is 9.13 Å². The van der Waals surface area contributed by atoms with Gasteiger partial charge in [-0.25, -0.2) is 4.39 Å². The van der Waals surface area contributed by atoms with E-state index in [1.54, 1.807) is 12.1 Å². The van der Waals surface area contributed by atoms with Crippen LogP contribution in [0.15, 0.2) is 46.9 Å². The van der Waals surface area contributed by atoms with Gasteiger partial charge in [0.2, 0.25) is 0 Å². The molecule has 2 aromatic carbocycles. The molecule has 2 rings (SSSR count). The number of nitrogens with one attached hydrogen (secondary N) is 1. The fourth-order valence-corrected chi connectivity index (χ4v) is 2.17. The van der Waals surface area contributed by atoms with Gasteiger partial charge in [-0.15, -0.1) is 0 Å². The monoisotopic (exact) mass is 337 g/mol. The van der Waals surface area contributed by atoms with Crippen LogP contribution in [0.3, 0.4) is 0 Å². The van der Waals surface area contributed by atoms with Gasteiger partial charge in [0.1, 0.15) is 18.2 Å². The zero-order valence-corrected chi connectivity index (χ0v) is 13.1. The molecule has 0 fully saturated rings. The number of hydrogen-bond donors (Lipinski definition) is 1. The summed E-state index contributed by atoms with van der Waals surface area (Å²) in [5.74, 6) is 0.478. The minimum atomic E-state index is -0.265. The normalized spacial score (nSPS) is 12.2. The Morgan fingerprint density at radius 3 is 2.75 bits per heavy atom. The van der Waals surface area contributed by atoms with Gasteiger partial charge in [0.05, 0.1) is 0 Å². The molecule has 1 N–H and O–H groups in total. The molecule has 0 heterocycles. The van der Waals surface area contributed by atoms with Gasteiger partial charge in [0, 0.05) is 16.1 Å². The molecule has 0 saturated carbocycles. The van der Waals surface area contributed by atoms with E-state index in [1.807, 2.05) is 31.3 Å². The molecule has 0 aromatic heterocycles. The lowest BCUT2D eigenvalue weighted by Gasteiger charge is -2.13. The molecule has 1 unspecified atom stereocenters. The van der Waals surface area contributed by atoms with Crippen molar-refractivity contribution in [2.75, 3.05) is 7.05 Å². The Kier molecular flexibility index (Phi) is 5.15. The van der Waals surface area contributed by atoms with Crippen LogP contribution in [0.1, 0.15) is 24.1 Å². The molecule has 0 spiro atoms. The topological polar surface area (TPSA) is 21.3 Å². The van der Waals surface area contributed by atoms with Gasteiger partial charge in [0.25, 0.3) is 0 Å². The summed E-state index contributed by atoms with van der Waals surface area (Å²) >= 11 is 3.24. The van der Waals surface area contributed by atoms with Crippen LogP contribution in [0.4, 0.5) is 4.39 Å². The van der Waals surface area contributed by atoms with Crippen LogP contribution >= 0.6 is 15.9 Å². The van der Waals surface area contributed by atoms with Gasteiger partial charge in [-0.3, -0.25) is 0 Å². The van der Waals surface area contributed by atoms with Crippen molar-refractivity contribution in [1.82, 2.24) is 5.32 Å². The number of ether oxygens (including phenoxy) is 1. The second-order valence-corrected chi connectivity index (χ2v) is 5.52. The highest BCUT2D eigenvalue weighted by atomic mass is 79.9. The Hall–Kier alpha value is -1.39. The number of halogens is 2. The van der Waals surface area contributed by atoms with Crippen LogP contribution in [0.25, 0.3) is 0 Å². The predicted octanol–water partition coefficient (Wildman–Crippen LogP) is 4.45. The third-order valence-corrected chi connectivity index (χ3v) is 3.69. The molecule has 0 aliphatic heterocycles. The summed E-state index contributed by atoms with van der Waals surface area (Å²) in [6.07, 6.45) is 0. The fraction of sp³-hybridized carbons (Fsp3) is 0.250. The number of hydrogen-bond acceptors (Lipinski definition) is 2. The Labute approximate surface area is 127 Å². The molecule has 0 aliphatic rings. The number of rotatable bonds is 5. The maximum absolute atomic E-state index is 13.7. The maximum Gasteiger partial charge on any atom is 0.130 e. The van der Waals surface area contributed by atoms with E-state index in [2.05, 4.69) is 28.2 Å². The van der Waals surface area contributed by atoms with Crippen molar-refractivity contribution in [2.45, 2.75) is 19.6 Å². The van der Waals surface area contributed by atoms with Gasteiger partial charge in [-0.2, -0.15) is 0 Å². The van der Waals surface area contributed by atoms with E-state index in [4.69, 9.17) is 4.74 Å². The van der Waals surface area contributed by atoms with Crippen LogP contribution in [0.5, 0.6) is 5.75 Å². The smallest absolute Gasteiger partial charge is 0.130 e. The van der Waals surface area contributed by atoms with Crippen LogP contribution in [0.2, 0.25) is 0 Å². The quantitative estimate of drug-likeness (QED) is 0.870. The van der Waals surface area contributed by atoms with E-state index >= 15 is 0 Å². The first-order valence-electron chi connectivity index (χ1n) is 6.44. The van der Waals surface area contributed by atoms with Gasteiger partial charge < -0.3 is 10.1 Å². The van der Waals surface area contributed by atoms with Crippen molar-refractivity contribution in [3.05, 3.63) is 63.9 Å². The number of benzene rings is 2. The zero-order chi connectivity index (χ0) is 14.5. The largest absolute Gasteiger partial charge is 0.489 e. The fourth-order valence-electron chi connectivity index (χ4n) is 1.84. The molecular weight excluding hydrogens is 321 g/mol. The molecule has 1 atom stereocenters. The average molecular weight is 338 g/mol. The summed E-state index contributed by atoms with van der Waals surface area (Å²) in [6, 6.07) is 13.0. The molecule has 0 radical (unpaired) electrons. The van der Waals surface area contributed by atoms with Crippen molar-refractivity contribution in [2.24, 2.45) is 0 Å². The van der Waals surface area contributed by atoms with Crippen LogP contribution in [-0.4, -0.2) is 7.05 Å². The second kappa shape index (κ2) is 6.86. The van der Waals surface area contributed by atoms with Gasteiger partial charge in [-0.05, 0) is 43.8 Å². The summed E-state index contributed by atoms with van der Waals surface area (Å²) in [5, 5.41) is 3.18. The van der Waals surface area contributed by atoms with E-state index in [0.717, 1.165) is 15.8 Å². The summed E-state index contributed by atoms with van der Waals surface area (Å²) in [6.45, 7) is 2.30. The Bertz CT molecular complexity index is 588. The molecular formula is C16H17BrFNO. The van der Waals surface area contributed by atoms with E-state index in [1.165, 1.54) is 6.07 Å². The zero-order valence-electron chi connectivity index (χ0n) is 11.5. The van der Waals surface area contributed by atoms with E-state index in [-0.39, 0.29) is 18.5 Å². The standard InChI is InChI=1S/C16H17BrFNO/c1-11(19-2)12-4-3-5-15(8-12)20-10-13-6-7-14(17)9-16(13)18/h3-9,11,19H,10H2,1-2H3. The first kappa shape index (κ1) is 15.0. The minimum Gasteiger partial charge on any atom is -0.489 e. The van der Waals surface area contributed by atoms with Crippen molar-refractivity contribution >= 4 is 15.9 Å². The highest BCUT2D eigenvalue weighted by molar-refractivity contribution is 9.10. The van der Waals surface area contributed by atoms with E-state index in [9.17, 15) is 4.39 Å². The first-order valence-corrected chi connectivity index (χ1v) is 7.23. The molecule has 0 aliphatic carbocycles. The van der Waals surface area contributed by atoms with Gasteiger partial charge >= 0.3 is 0 Å². The molecule has 0 amide bonds.